The van der Waals surface area contributed by atoms with E-state index >= 15 is 0 Å². The number of nitrogens with one attached hydrogen (secondary N) is 2. The highest BCUT2D eigenvalue weighted by Crippen LogP contribution is 2.37. The smallest absolute Gasteiger partial charge is 0.255 e. The normalized spacial score (nSPS) is 10.3. The fourth-order valence-electron chi connectivity index (χ4n) is 2.31. The van der Waals surface area contributed by atoms with Crippen molar-refractivity contribution in [3.63, 3.8) is 0 Å². The molecule has 0 fully saturated rings. The van der Waals surface area contributed by atoms with Crippen LogP contribution in [0.5, 0.6) is 17.2 Å². The van der Waals surface area contributed by atoms with Crippen molar-refractivity contribution in [1.82, 2.24) is 0 Å². The van der Waals surface area contributed by atoms with Gasteiger partial charge in [-0.1, -0.05) is 13.8 Å². The van der Waals surface area contributed by atoms with Gasteiger partial charge in [0.15, 0.2) is 0 Å². The van der Waals surface area contributed by atoms with Gasteiger partial charge in [-0.15, -0.1) is 0 Å². The maximum absolute atomic E-state index is 12.5. The topological polar surface area (TPSA) is 85.9 Å². The first-order chi connectivity index (χ1) is 12.9. The van der Waals surface area contributed by atoms with E-state index in [2.05, 4.69) is 10.6 Å². The molecule has 7 heteroatoms. The summed E-state index contributed by atoms with van der Waals surface area (Å²) in [5.74, 6) is 0.833. The van der Waals surface area contributed by atoms with Crippen LogP contribution >= 0.6 is 0 Å². The molecule has 0 bridgehead atoms. The molecule has 27 heavy (non-hydrogen) atoms. The van der Waals surface area contributed by atoms with E-state index in [1.54, 1.807) is 57.4 Å². The first-order valence-electron chi connectivity index (χ1n) is 8.41. The van der Waals surface area contributed by atoms with Crippen LogP contribution in [0.15, 0.2) is 36.4 Å². The third-order valence-electron chi connectivity index (χ3n) is 3.90. The molecule has 2 amide bonds. The molecule has 0 aliphatic carbocycles. The Morgan fingerprint density at radius 3 is 1.78 bits per heavy atom. The fourth-order valence-corrected chi connectivity index (χ4v) is 2.31. The largest absolute Gasteiger partial charge is 0.497 e. The Morgan fingerprint density at radius 2 is 1.33 bits per heavy atom. The van der Waals surface area contributed by atoms with Crippen LogP contribution in [-0.2, 0) is 4.79 Å². The molecule has 0 radical (unpaired) electrons. The van der Waals surface area contributed by atoms with Crippen LogP contribution in [0.25, 0.3) is 0 Å². The van der Waals surface area contributed by atoms with E-state index in [0.717, 1.165) is 0 Å². The molecule has 144 valence electrons. The number of ether oxygens (including phenoxy) is 3. The maximum Gasteiger partial charge on any atom is 0.255 e. The predicted molar refractivity (Wildman–Crippen MR) is 104 cm³/mol. The molecule has 0 saturated heterocycles. The highest BCUT2D eigenvalue weighted by atomic mass is 16.5. The van der Waals surface area contributed by atoms with E-state index < -0.39 is 0 Å². The number of benzene rings is 2. The van der Waals surface area contributed by atoms with Gasteiger partial charge in [-0.3, -0.25) is 9.59 Å². The molecule has 2 aromatic carbocycles. The summed E-state index contributed by atoms with van der Waals surface area (Å²) in [5, 5.41) is 5.59. The summed E-state index contributed by atoms with van der Waals surface area (Å²) in [6.45, 7) is 3.59. The van der Waals surface area contributed by atoms with Gasteiger partial charge in [0, 0.05) is 23.6 Å². The fraction of sp³-hybridized carbons (Fsp3) is 0.300. The van der Waals surface area contributed by atoms with E-state index in [9.17, 15) is 9.59 Å². The number of carbonyl (C=O) groups excluding carboxylic acids is 2. The van der Waals surface area contributed by atoms with Crippen molar-refractivity contribution in [2.75, 3.05) is 32.0 Å². The van der Waals surface area contributed by atoms with Crippen molar-refractivity contribution in [1.29, 1.82) is 0 Å². The second kappa shape index (κ2) is 8.93. The average molecular weight is 372 g/mol. The highest BCUT2D eigenvalue weighted by molar-refractivity contribution is 6.05. The Kier molecular flexibility index (Phi) is 6.65. The maximum atomic E-state index is 12.5. The molecule has 0 heterocycles. The van der Waals surface area contributed by atoms with Crippen LogP contribution in [-0.4, -0.2) is 33.1 Å². The van der Waals surface area contributed by atoms with Gasteiger partial charge in [0.25, 0.3) is 5.91 Å². The lowest BCUT2D eigenvalue weighted by molar-refractivity contribution is -0.118. The number of hydrogen-bond acceptors (Lipinski definition) is 5. The Morgan fingerprint density at radius 1 is 0.815 bits per heavy atom. The van der Waals surface area contributed by atoms with Crippen LogP contribution < -0.4 is 24.8 Å². The summed E-state index contributed by atoms with van der Waals surface area (Å²) >= 11 is 0. The molecular formula is C20H24N2O5. The van der Waals surface area contributed by atoms with Crippen molar-refractivity contribution < 1.29 is 23.8 Å². The molecule has 2 N–H and O–H groups in total. The number of anilines is 2. The molecule has 0 atom stereocenters. The molecule has 2 rings (SSSR count). The average Bonchev–Trinajstić information content (AvgIpc) is 2.68. The van der Waals surface area contributed by atoms with Gasteiger partial charge in [0.1, 0.15) is 17.2 Å². The minimum absolute atomic E-state index is 0.148. The number of methoxy groups -OCH3 is 3. The zero-order valence-corrected chi connectivity index (χ0v) is 16.1. The molecule has 0 saturated carbocycles. The van der Waals surface area contributed by atoms with Crippen molar-refractivity contribution in [3.8, 4) is 17.2 Å². The third-order valence-corrected chi connectivity index (χ3v) is 3.90. The van der Waals surface area contributed by atoms with Crippen LogP contribution in [0.3, 0.4) is 0 Å². The van der Waals surface area contributed by atoms with E-state index in [0.29, 0.717) is 34.2 Å². The molecule has 0 spiro atoms. The monoisotopic (exact) mass is 372 g/mol. The van der Waals surface area contributed by atoms with Crippen LogP contribution in [0.1, 0.15) is 24.2 Å². The van der Waals surface area contributed by atoms with Crippen molar-refractivity contribution >= 4 is 23.2 Å². The number of rotatable bonds is 7. The number of amides is 2. The molecule has 0 aliphatic heterocycles. The molecule has 0 aliphatic rings. The van der Waals surface area contributed by atoms with Crippen molar-refractivity contribution in [2.45, 2.75) is 13.8 Å². The third kappa shape index (κ3) is 4.91. The van der Waals surface area contributed by atoms with Gasteiger partial charge in [-0.25, -0.2) is 0 Å². The number of carbonyl (C=O) groups is 2. The molecule has 0 unspecified atom stereocenters. The van der Waals surface area contributed by atoms with Gasteiger partial charge in [-0.05, 0) is 24.3 Å². The summed E-state index contributed by atoms with van der Waals surface area (Å²) in [4.78, 5) is 24.5. The Labute approximate surface area is 158 Å². The van der Waals surface area contributed by atoms with E-state index in [-0.39, 0.29) is 17.7 Å². The molecule has 7 nitrogen and oxygen atoms in total. The zero-order valence-electron chi connectivity index (χ0n) is 16.1. The lowest BCUT2D eigenvalue weighted by Crippen LogP contribution is -2.18. The quantitative estimate of drug-likeness (QED) is 0.776. The van der Waals surface area contributed by atoms with Crippen LogP contribution in [0.4, 0.5) is 11.4 Å². The summed E-state index contributed by atoms with van der Waals surface area (Å²) in [6.07, 6.45) is 0. The van der Waals surface area contributed by atoms with E-state index in [4.69, 9.17) is 14.2 Å². The SMILES string of the molecule is COc1ccc(C(=O)Nc2cc(OC)c(NC(=O)C(C)C)cc2OC)cc1. The molecule has 2 aromatic rings. The zero-order chi connectivity index (χ0) is 20.0. The predicted octanol–water partition coefficient (Wildman–Crippen LogP) is 3.56. The van der Waals surface area contributed by atoms with E-state index in [1.165, 1.54) is 14.2 Å². The van der Waals surface area contributed by atoms with Crippen molar-refractivity contribution in [2.24, 2.45) is 5.92 Å². The first-order valence-corrected chi connectivity index (χ1v) is 8.41. The van der Waals surface area contributed by atoms with Crippen molar-refractivity contribution in [3.05, 3.63) is 42.0 Å². The summed E-state index contributed by atoms with van der Waals surface area (Å²) in [7, 11) is 4.53. The summed E-state index contributed by atoms with van der Waals surface area (Å²) in [5.41, 5.74) is 1.36. The first kappa shape index (κ1) is 20.1. The Balaban J connectivity index is 2.29. The lowest BCUT2D eigenvalue weighted by atomic mass is 10.1. The summed E-state index contributed by atoms with van der Waals surface area (Å²) in [6, 6.07) is 9.96. The standard InChI is InChI=1S/C20H24N2O5/c1-12(2)19(23)21-15-10-18(27-5)16(11-17(15)26-4)22-20(24)13-6-8-14(25-3)9-7-13/h6-12H,1-5H3,(H,21,23)(H,22,24). The second-order valence-electron chi connectivity index (χ2n) is 6.08. The van der Waals surface area contributed by atoms with Crippen LogP contribution in [0.2, 0.25) is 0 Å². The van der Waals surface area contributed by atoms with Gasteiger partial charge in [-0.2, -0.15) is 0 Å². The molecular weight excluding hydrogens is 348 g/mol. The minimum atomic E-state index is -0.308. The van der Waals surface area contributed by atoms with Gasteiger partial charge < -0.3 is 24.8 Å². The van der Waals surface area contributed by atoms with E-state index in [1.807, 2.05) is 0 Å². The lowest BCUT2D eigenvalue weighted by Gasteiger charge is -2.17. The number of hydrogen-bond donors (Lipinski definition) is 2. The second-order valence-corrected chi connectivity index (χ2v) is 6.08. The Hall–Kier alpha value is -3.22. The van der Waals surface area contributed by atoms with Gasteiger partial charge in [0.05, 0.1) is 32.7 Å². The molecule has 0 aromatic heterocycles. The summed E-state index contributed by atoms with van der Waals surface area (Å²) < 4.78 is 15.8. The highest BCUT2D eigenvalue weighted by Gasteiger charge is 2.17. The van der Waals surface area contributed by atoms with Crippen LogP contribution in [0, 0.1) is 5.92 Å². The van der Waals surface area contributed by atoms with Gasteiger partial charge in [0.2, 0.25) is 5.91 Å². The Bertz CT molecular complexity index is 816. The minimum Gasteiger partial charge on any atom is -0.497 e. The van der Waals surface area contributed by atoms with Gasteiger partial charge >= 0.3 is 0 Å².